The second-order valence-corrected chi connectivity index (χ2v) is 6.60. The Bertz CT molecular complexity index is 779. The Morgan fingerprint density at radius 1 is 1.04 bits per heavy atom. The summed E-state index contributed by atoms with van der Waals surface area (Å²) in [6, 6.07) is 14.0. The standard InChI is InChI=1S/C20H23N3O/c1-22(2)13-17-16(14-8-6-5-7-9-14)12-18-15(20(17)24)10-11-19(21-18)23(3)4/h5-11,13,16H,12H2,1-4H3/b17-13-/t16-/m1/s1. The number of carbonyl (C=O) groups excluding carboxylic acids is 1. The fourth-order valence-electron chi connectivity index (χ4n) is 3.13. The Balaban J connectivity index is 2.12. The second kappa shape index (κ2) is 6.48. The van der Waals surface area contributed by atoms with Crippen LogP contribution in [0.25, 0.3) is 0 Å². The highest BCUT2D eigenvalue weighted by atomic mass is 16.1. The van der Waals surface area contributed by atoms with E-state index < -0.39 is 0 Å². The number of Topliss-reactive ketones (excluding diaryl/α,β-unsaturated/α-hetero) is 1. The summed E-state index contributed by atoms with van der Waals surface area (Å²) in [6.07, 6.45) is 2.69. The normalized spacial score (nSPS) is 18.4. The first-order valence-corrected chi connectivity index (χ1v) is 8.12. The van der Waals surface area contributed by atoms with Crippen LogP contribution in [0.3, 0.4) is 0 Å². The van der Waals surface area contributed by atoms with Gasteiger partial charge in [-0.3, -0.25) is 4.79 Å². The fourth-order valence-corrected chi connectivity index (χ4v) is 3.13. The van der Waals surface area contributed by atoms with Gasteiger partial charge in [-0.1, -0.05) is 30.3 Å². The number of hydrogen-bond acceptors (Lipinski definition) is 4. The maximum Gasteiger partial charge on any atom is 0.192 e. The Morgan fingerprint density at radius 3 is 2.38 bits per heavy atom. The van der Waals surface area contributed by atoms with E-state index in [-0.39, 0.29) is 11.7 Å². The topological polar surface area (TPSA) is 36.4 Å². The van der Waals surface area contributed by atoms with E-state index in [9.17, 15) is 4.79 Å². The molecule has 4 nitrogen and oxygen atoms in total. The number of hydrogen-bond donors (Lipinski definition) is 0. The third-order valence-electron chi connectivity index (χ3n) is 4.30. The maximum atomic E-state index is 13.1. The number of fused-ring (bicyclic) bond motifs is 1. The zero-order chi connectivity index (χ0) is 17.3. The number of anilines is 1. The summed E-state index contributed by atoms with van der Waals surface area (Å²) in [4.78, 5) is 21.7. The first-order chi connectivity index (χ1) is 11.5. The van der Waals surface area contributed by atoms with Gasteiger partial charge in [-0.05, 0) is 17.7 Å². The van der Waals surface area contributed by atoms with Gasteiger partial charge in [0.2, 0.25) is 0 Å². The molecule has 1 aliphatic carbocycles. The Morgan fingerprint density at radius 2 is 1.75 bits per heavy atom. The van der Waals surface area contributed by atoms with Gasteiger partial charge < -0.3 is 9.80 Å². The van der Waals surface area contributed by atoms with Gasteiger partial charge in [0.05, 0.1) is 5.69 Å². The summed E-state index contributed by atoms with van der Waals surface area (Å²) in [5, 5.41) is 0. The van der Waals surface area contributed by atoms with Gasteiger partial charge in [0.1, 0.15) is 5.82 Å². The van der Waals surface area contributed by atoms with Gasteiger partial charge in [0, 0.05) is 57.9 Å². The van der Waals surface area contributed by atoms with Crippen LogP contribution in [0, 0.1) is 0 Å². The predicted molar refractivity (Wildman–Crippen MR) is 97.6 cm³/mol. The van der Waals surface area contributed by atoms with Crippen LogP contribution >= 0.6 is 0 Å². The van der Waals surface area contributed by atoms with Crippen molar-refractivity contribution in [2.45, 2.75) is 12.3 Å². The molecule has 0 radical (unpaired) electrons. The molecule has 1 heterocycles. The molecule has 1 aromatic heterocycles. The average Bonchev–Trinajstić information content (AvgIpc) is 2.57. The van der Waals surface area contributed by atoms with Crippen molar-refractivity contribution >= 4 is 11.6 Å². The van der Waals surface area contributed by atoms with E-state index in [2.05, 4.69) is 12.1 Å². The molecule has 0 spiro atoms. The minimum atomic E-state index is 0.0403. The third-order valence-corrected chi connectivity index (χ3v) is 4.30. The maximum absolute atomic E-state index is 13.1. The molecule has 0 fully saturated rings. The van der Waals surface area contributed by atoms with Crippen LogP contribution in [0.5, 0.6) is 0 Å². The smallest absolute Gasteiger partial charge is 0.192 e. The summed E-state index contributed by atoms with van der Waals surface area (Å²) in [5.41, 5.74) is 3.59. The lowest BCUT2D eigenvalue weighted by Gasteiger charge is -2.28. The Kier molecular flexibility index (Phi) is 4.38. The molecule has 24 heavy (non-hydrogen) atoms. The summed E-state index contributed by atoms with van der Waals surface area (Å²) >= 11 is 0. The van der Waals surface area contributed by atoms with Gasteiger partial charge in [0.15, 0.2) is 5.78 Å². The van der Waals surface area contributed by atoms with Gasteiger partial charge in [-0.25, -0.2) is 4.98 Å². The van der Waals surface area contributed by atoms with E-state index in [1.165, 1.54) is 0 Å². The number of benzene rings is 1. The molecule has 4 heteroatoms. The SMILES string of the molecule is CN(C)/C=C1\C(=O)c2ccc(N(C)C)nc2C[C@@H]1c1ccccc1. The molecule has 0 aliphatic heterocycles. The molecule has 124 valence electrons. The number of nitrogens with zero attached hydrogens (tertiary/aromatic N) is 3. The van der Waals surface area contributed by atoms with E-state index in [1.54, 1.807) is 0 Å². The molecular formula is C20H23N3O. The fraction of sp³-hybridized carbons (Fsp3) is 0.300. The monoisotopic (exact) mass is 321 g/mol. The van der Waals surface area contributed by atoms with Crippen molar-refractivity contribution in [3.63, 3.8) is 0 Å². The molecule has 1 atom stereocenters. The van der Waals surface area contributed by atoms with Crippen LogP contribution in [-0.2, 0) is 6.42 Å². The molecule has 1 aromatic carbocycles. The Labute approximate surface area is 143 Å². The number of ketones is 1. The van der Waals surface area contributed by atoms with Crippen LogP contribution in [-0.4, -0.2) is 43.9 Å². The van der Waals surface area contributed by atoms with Crippen molar-refractivity contribution in [1.29, 1.82) is 0 Å². The lowest BCUT2D eigenvalue weighted by Crippen LogP contribution is -2.26. The van der Waals surface area contributed by atoms with E-state index in [0.717, 1.165) is 34.6 Å². The lowest BCUT2D eigenvalue weighted by atomic mass is 9.78. The summed E-state index contributed by atoms with van der Waals surface area (Å²) in [7, 11) is 7.83. The molecule has 2 aromatic rings. The quantitative estimate of drug-likeness (QED) is 0.814. The zero-order valence-corrected chi connectivity index (χ0v) is 14.7. The van der Waals surface area contributed by atoms with E-state index >= 15 is 0 Å². The van der Waals surface area contributed by atoms with Crippen molar-refractivity contribution in [2.75, 3.05) is 33.1 Å². The number of allylic oxidation sites excluding steroid dienone is 1. The van der Waals surface area contributed by atoms with Crippen LogP contribution < -0.4 is 4.90 Å². The van der Waals surface area contributed by atoms with Gasteiger partial charge in [-0.15, -0.1) is 0 Å². The minimum absolute atomic E-state index is 0.0403. The molecular weight excluding hydrogens is 298 g/mol. The molecule has 0 bridgehead atoms. The van der Waals surface area contributed by atoms with Crippen molar-refractivity contribution in [3.05, 3.63) is 71.1 Å². The number of carbonyl (C=O) groups is 1. The second-order valence-electron chi connectivity index (χ2n) is 6.60. The summed E-state index contributed by atoms with van der Waals surface area (Å²) in [5.74, 6) is 1.00. The molecule has 0 saturated carbocycles. The minimum Gasteiger partial charge on any atom is -0.383 e. The highest BCUT2D eigenvalue weighted by Crippen LogP contribution is 2.36. The molecule has 0 unspecified atom stereocenters. The zero-order valence-electron chi connectivity index (χ0n) is 14.7. The molecule has 0 amide bonds. The molecule has 1 aliphatic rings. The third kappa shape index (κ3) is 3.04. The number of rotatable bonds is 3. The van der Waals surface area contributed by atoms with Crippen LogP contribution in [0.1, 0.15) is 27.5 Å². The van der Waals surface area contributed by atoms with Gasteiger partial charge in [0.25, 0.3) is 0 Å². The predicted octanol–water partition coefficient (Wildman–Crippen LogP) is 3.12. The number of pyridine rings is 1. The van der Waals surface area contributed by atoms with Crippen molar-refractivity contribution in [2.24, 2.45) is 0 Å². The number of aromatic nitrogens is 1. The first-order valence-electron chi connectivity index (χ1n) is 8.12. The Hall–Kier alpha value is -2.62. The van der Waals surface area contributed by atoms with Crippen LogP contribution in [0.4, 0.5) is 5.82 Å². The van der Waals surface area contributed by atoms with E-state index in [1.807, 2.05) is 74.5 Å². The van der Waals surface area contributed by atoms with Crippen LogP contribution in [0.15, 0.2) is 54.2 Å². The average molecular weight is 321 g/mol. The lowest BCUT2D eigenvalue weighted by molar-refractivity contribution is 0.101. The molecule has 0 N–H and O–H groups in total. The van der Waals surface area contributed by atoms with Crippen molar-refractivity contribution in [1.82, 2.24) is 9.88 Å². The molecule has 3 rings (SSSR count). The van der Waals surface area contributed by atoms with Crippen LogP contribution in [0.2, 0.25) is 0 Å². The van der Waals surface area contributed by atoms with E-state index in [0.29, 0.717) is 0 Å². The molecule has 0 saturated heterocycles. The summed E-state index contributed by atoms with van der Waals surface area (Å²) < 4.78 is 0. The van der Waals surface area contributed by atoms with Gasteiger partial charge in [-0.2, -0.15) is 0 Å². The highest BCUT2D eigenvalue weighted by molar-refractivity contribution is 6.11. The largest absolute Gasteiger partial charge is 0.383 e. The van der Waals surface area contributed by atoms with Crippen molar-refractivity contribution in [3.8, 4) is 0 Å². The van der Waals surface area contributed by atoms with Crippen molar-refractivity contribution < 1.29 is 4.79 Å². The van der Waals surface area contributed by atoms with Gasteiger partial charge >= 0.3 is 0 Å². The van der Waals surface area contributed by atoms with E-state index in [4.69, 9.17) is 4.98 Å². The first kappa shape index (κ1) is 16.2. The highest BCUT2D eigenvalue weighted by Gasteiger charge is 2.32. The summed E-state index contributed by atoms with van der Waals surface area (Å²) in [6.45, 7) is 0.